The summed E-state index contributed by atoms with van der Waals surface area (Å²) in [6.07, 6.45) is 2.35. The van der Waals surface area contributed by atoms with Gasteiger partial charge in [0.1, 0.15) is 5.15 Å². The zero-order valence-corrected chi connectivity index (χ0v) is 11.3. The van der Waals surface area contributed by atoms with E-state index in [-0.39, 0.29) is 17.8 Å². The molecule has 0 unspecified atom stereocenters. The summed E-state index contributed by atoms with van der Waals surface area (Å²) < 4.78 is 2.68. The fraction of sp³-hybridized carbons (Fsp3) is 0.308. The summed E-state index contributed by atoms with van der Waals surface area (Å²) in [6, 6.07) is 6.51. The fourth-order valence-corrected chi connectivity index (χ4v) is 2.00. The third-order valence-corrected chi connectivity index (χ3v) is 2.91. The molecule has 2 aromatic heterocycles. The lowest BCUT2D eigenvalue weighted by Gasteiger charge is -2.08. The minimum atomic E-state index is -0.334. The van der Waals surface area contributed by atoms with E-state index in [4.69, 9.17) is 11.6 Å². The van der Waals surface area contributed by atoms with Crippen LogP contribution in [0.25, 0.3) is 0 Å². The normalized spacial score (nSPS) is 10.6. The Morgan fingerprint density at radius 2 is 2.05 bits per heavy atom. The Balaban J connectivity index is 2.42. The summed E-state index contributed by atoms with van der Waals surface area (Å²) in [5.41, 5.74) is -0.0730. The van der Waals surface area contributed by atoms with Gasteiger partial charge in [0.25, 0.3) is 5.56 Å². The summed E-state index contributed by atoms with van der Waals surface area (Å²) in [6.45, 7) is 2.69. The highest BCUT2D eigenvalue weighted by Gasteiger charge is 2.06. The van der Waals surface area contributed by atoms with Gasteiger partial charge >= 0.3 is 5.69 Å². The van der Waals surface area contributed by atoms with Crippen molar-refractivity contribution in [2.75, 3.05) is 0 Å². The van der Waals surface area contributed by atoms with Gasteiger partial charge in [-0.2, -0.15) is 0 Å². The molecule has 19 heavy (non-hydrogen) atoms. The highest BCUT2D eigenvalue weighted by molar-refractivity contribution is 6.29. The first-order chi connectivity index (χ1) is 9.11. The number of halogens is 1. The maximum atomic E-state index is 12.1. The van der Waals surface area contributed by atoms with Crippen molar-refractivity contribution in [3.8, 4) is 0 Å². The second kappa shape index (κ2) is 5.84. The van der Waals surface area contributed by atoms with Gasteiger partial charge in [-0.25, -0.2) is 9.78 Å². The molecule has 0 aliphatic rings. The lowest BCUT2D eigenvalue weighted by molar-refractivity contribution is 0.567. The number of nitrogens with zero attached hydrogens (tertiary/aromatic N) is 3. The van der Waals surface area contributed by atoms with Gasteiger partial charge < -0.3 is 4.57 Å². The number of hydrogen-bond donors (Lipinski definition) is 0. The molecule has 2 aromatic rings. The summed E-state index contributed by atoms with van der Waals surface area (Å²) in [5.74, 6) is 0. The monoisotopic (exact) mass is 279 g/mol. The van der Waals surface area contributed by atoms with Gasteiger partial charge in [0.15, 0.2) is 0 Å². The Hall–Kier alpha value is -1.88. The van der Waals surface area contributed by atoms with Crippen LogP contribution in [0, 0.1) is 0 Å². The van der Waals surface area contributed by atoms with E-state index in [1.807, 2.05) is 6.92 Å². The van der Waals surface area contributed by atoms with Gasteiger partial charge in [0.2, 0.25) is 0 Å². The second-order valence-corrected chi connectivity index (χ2v) is 4.55. The molecular formula is C13H14ClN3O2. The molecule has 0 aromatic carbocycles. The average Bonchev–Trinajstić information content (AvgIpc) is 2.38. The number of aromatic nitrogens is 3. The van der Waals surface area contributed by atoms with E-state index in [1.165, 1.54) is 16.8 Å². The van der Waals surface area contributed by atoms with Gasteiger partial charge in [-0.3, -0.25) is 9.36 Å². The van der Waals surface area contributed by atoms with Crippen LogP contribution in [0.1, 0.15) is 19.0 Å². The summed E-state index contributed by atoms with van der Waals surface area (Å²) >= 11 is 5.79. The summed E-state index contributed by atoms with van der Waals surface area (Å²) in [7, 11) is 0. The third-order valence-electron chi connectivity index (χ3n) is 2.70. The van der Waals surface area contributed by atoms with Gasteiger partial charge in [-0.15, -0.1) is 0 Å². The van der Waals surface area contributed by atoms with Crippen molar-refractivity contribution in [2.45, 2.75) is 26.4 Å². The average molecular weight is 280 g/mol. The van der Waals surface area contributed by atoms with E-state index < -0.39 is 0 Å². The number of hydrogen-bond acceptors (Lipinski definition) is 3. The molecule has 100 valence electrons. The Bertz CT molecular complexity index is 691. The van der Waals surface area contributed by atoms with Crippen LogP contribution >= 0.6 is 11.6 Å². The van der Waals surface area contributed by atoms with E-state index in [2.05, 4.69) is 4.98 Å². The van der Waals surface area contributed by atoms with Crippen LogP contribution in [-0.4, -0.2) is 14.1 Å². The molecule has 0 aliphatic carbocycles. The lowest BCUT2D eigenvalue weighted by atomic mass is 10.3. The minimum absolute atomic E-state index is 0.128. The standard InChI is InChI=1S/C13H14ClN3O2/c1-2-7-16-8-6-12(18)17(13(16)19)9-10-4-3-5-11(14)15-10/h3-6,8H,2,7,9H2,1H3. The first-order valence-electron chi connectivity index (χ1n) is 6.03. The van der Waals surface area contributed by atoms with Crippen molar-refractivity contribution in [3.05, 3.63) is 62.1 Å². The molecule has 0 spiro atoms. The molecule has 0 radical (unpaired) electrons. The number of aryl methyl sites for hydroxylation is 1. The third kappa shape index (κ3) is 3.12. The maximum Gasteiger partial charge on any atom is 0.331 e. The molecule has 0 N–H and O–H groups in total. The summed E-state index contributed by atoms with van der Waals surface area (Å²) in [5, 5.41) is 0.343. The quantitative estimate of drug-likeness (QED) is 0.797. The molecule has 2 rings (SSSR count). The van der Waals surface area contributed by atoms with E-state index in [9.17, 15) is 9.59 Å². The molecule has 0 bridgehead atoms. The SMILES string of the molecule is CCCn1ccc(=O)n(Cc2cccc(Cl)n2)c1=O. The predicted molar refractivity (Wildman–Crippen MR) is 73.6 cm³/mol. The van der Waals surface area contributed by atoms with Crippen LogP contribution in [0.5, 0.6) is 0 Å². The van der Waals surface area contributed by atoms with Crippen molar-refractivity contribution in [2.24, 2.45) is 0 Å². The second-order valence-electron chi connectivity index (χ2n) is 4.17. The van der Waals surface area contributed by atoms with E-state index in [0.29, 0.717) is 17.4 Å². The highest BCUT2D eigenvalue weighted by Crippen LogP contribution is 2.05. The van der Waals surface area contributed by atoms with Crippen LogP contribution in [0.15, 0.2) is 40.1 Å². The fourth-order valence-electron chi connectivity index (χ4n) is 1.81. The zero-order chi connectivity index (χ0) is 13.8. The molecule has 0 saturated carbocycles. The van der Waals surface area contributed by atoms with Crippen molar-refractivity contribution in [3.63, 3.8) is 0 Å². The van der Waals surface area contributed by atoms with E-state index >= 15 is 0 Å². The maximum absolute atomic E-state index is 12.1. The van der Waals surface area contributed by atoms with Crippen molar-refractivity contribution in [1.29, 1.82) is 0 Å². The first-order valence-corrected chi connectivity index (χ1v) is 6.41. The highest BCUT2D eigenvalue weighted by atomic mass is 35.5. The number of pyridine rings is 1. The van der Waals surface area contributed by atoms with E-state index in [0.717, 1.165) is 11.0 Å². The molecule has 0 saturated heterocycles. The first kappa shape index (κ1) is 13.5. The van der Waals surface area contributed by atoms with Crippen molar-refractivity contribution in [1.82, 2.24) is 14.1 Å². The molecule has 0 fully saturated rings. The largest absolute Gasteiger partial charge is 0.331 e. The van der Waals surface area contributed by atoms with E-state index in [1.54, 1.807) is 18.2 Å². The molecule has 0 amide bonds. The molecule has 0 atom stereocenters. The van der Waals surface area contributed by atoms with Crippen LogP contribution in [0.3, 0.4) is 0 Å². The van der Waals surface area contributed by atoms with Gasteiger partial charge in [-0.1, -0.05) is 24.6 Å². The molecule has 5 nitrogen and oxygen atoms in total. The van der Waals surface area contributed by atoms with Crippen LogP contribution < -0.4 is 11.2 Å². The Kier molecular flexibility index (Phi) is 4.16. The predicted octanol–water partition coefficient (Wildman–Crippen LogP) is 1.52. The smallest absolute Gasteiger partial charge is 0.300 e. The van der Waals surface area contributed by atoms with Crippen molar-refractivity contribution < 1.29 is 0 Å². The summed E-state index contributed by atoms with van der Waals surface area (Å²) in [4.78, 5) is 28.0. The van der Waals surface area contributed by atoms with Gasteiger partial charge in [0, 0.05) is 18.8 Å². The minimum Gasteiger partial charge on any atom is -0.300 e. The van der Waals surface area contributed by atoms with Crippen LogP contribution in [-0.2, 0) is 13.1 Å². The topological polar surface area (TPSA) is 56.9 Å². The zero-order valence-electron chi connectivity index (χ0n) is 10.5. The van der Waals surface area contributed by atoms with Gasteiger partial charge in [-0.05, 0) is 18.6 Å². The Morgan fingerprint density at radius 3 is 2.74 bits per heavy atom. The molecule has 2 heterocycles. The molecular weight excluding hydrogens is 266 g/mol. The lowest BCUT2D eigenvalue weighted by Crippen LogP contribution is -2.39. The van der Waals surface area contributed by atoms with Crippen molar-refractivity contribution >= 4 is 11.6 Å². The Morgan fingerprint density at radius 1 is 1.26 bits per heavy atom. The van der Waals surface area contributed by atoms with Crippen LogP contribution in [0.2, 0.25) is 5.15 Å². The number of rotatable bonds is 4. The Labute approximate surface area is 115 Å². The molecule has 6 heteroatoms. The van der Waals surface area contributed by atoms with Gasteiger partial charge in [0.05, 0.1) is 12.2 Å². The molecule has 0 aliphatic heterocycles. The van der Waals surface area contributed by atoms with Crippen LogP contribution in [0.4, 0.5) is 0 Å².